The lowest BCUT2D eigenvalue weighted by molar-refractivity contribution is -0.114. The minimum atomic E-state index is -0.251. The summed E-state index contributed by atoms with van der Waals surface area (Å²) in [6.45, 7) is 1.42. The number of rotatable bonds is 3. The van der Waals surface area contributed by atoms with Crippen LogP contribution in [0.3, 0.4) is 0 Å². The van der Waals surface area contributed by atoms with Crippen LogP contribution >= 0.6 is 12.6 Å². The van der Waals surface area contributed by atoms with E-state index < -0.39 is 0 Å². The molecule has 0 saturated heterocycles. The summed E-state index contributed by atoms with van der Waals surface area (Å²) < 4.78 is 0. The summed E-state index contributed by atoms with van der Waals surface area (Å²) in [5, 5.41) is 5.42. The van der Waals surface area contributed by atoms with Gasteiger partial charge in [0.2, 0.25) is 5.91 Å². The Morgan fingerprint density at radius 3 is 2.45 bits per heavy atom. The molecule has 0 saturated carbocycles. The number of thiol groups is 1. The third kappa shape index (κ3) is 3.61. The number of nitrogens with one attached hydrogen (secondary N) is 2. The van der Waals surface area contributed by atoms with Gasteiger partial charge in [0, 0.05) is 23.1 Å². The van der Waals surface area contributed by atoms with Crippen LogP contribution in [0.1, 0.15) is 17.3 Å². The fourth-order valence-corrected chi connectivity index (χ4v) is 1.93. The number of amides is 2. The molecule has 0 radical (unpaired) electrons. The number of benzene rings is 2. The van der Waals surface area contributed by atoms with E-state index in [1.54, 1.807) is 36.4 Å². The Balaban J connectivity index is 2.17. The third-order valence-electron chi connectivity index (χ3n) is 2.60. The van der Waals surface area contributed by atoms with Gasteiger partial charge in [-0.3, -0.25) is 9.59 Å². The van der Waals surface area contributed by atoms with Crippen LogP contribution in [0.15, 0.2) is 53.4 Å². The van der Waals surface area contributed by atoms with Crippen molar-refractivity contribution < 1.29 is 9.59 Å². The van der Waals surface area contributed by atoms with Crippen molar-refractivity contribution in [2.45, 2.75) is 11.8 Å². The standard InChI is InChI=1S/C15H14N2O2S/c1-10(18)16-12-6-4-5-11(9-12)15(19)17-13-7-2-3-8-14(13)20/h2-9,20H,1H3,(H,16,18)(H,17,19). The molecule has 20 heavy (non-hydrogen) atoms. The molecule has 5 heteroatoms. The van der Waals surface area contributed by atoms with E-state index in [1.165, 1.54) is 6.92 Å². The van der Waals surface area contributed by atoms with Gasteiger partial charge in [0.05, 0.1) is 5.69 Å². The first-order valence-corrected chi connectivity index (χ1v) is 6.48. The van der Waals surface area contributed by atoms with Crippen molar-refractivity contribution >= 4 is 35.8 Å². The largest absolute Gasteiger partial charge is 0.326 e. The van der Waals surface area contributed by atoms with Crippen molar-refractivity contribution in [1.82, 2.24) is 0 Å². The highest BCUT2D eigenvalue weighted by atomic mass is 32.1. The van der Waals surface area contributed by atoms with Crippen LogP contribution in [0.5, 0.6) is 0 Å². The van der Waals surface area contributed by atoms with Gasteiger partial charge in [-0.2, -0.15) is 0 Å². The van der Waals surface area contributed by atoms with E-state index in [9.17, 15) is 9.59 Å². The van der Waals surface area contributed by atoms with Crippen molar-refractivity contribution in [3.05, 3.63) is 54.1 Å². The van der Waals surface area contributed by atoms with Crippen molar-refractivity contribution in [2.24, 2.45) is 0 Å². The van der Waals surface area contributed by atoms with Gasteiger partial charge in [-0.15, -0.1) is 12.6 Å². The van der Waals surface area contributed by atoms with Gasteiger partial charge in [0.15, 0.2) is 0 Å². The fourth-order valence-electron chi connectivity index (χ4n) is 1.72. The molecule has 0 fully saturated rings. The maximum absolute atomic E-state index is 12.1. The summed E-state index contributed by atoms with van der Waals surface area (Å²) in [6, 6.07) is 14.0. The minimum Gasteiger partial charge on any atom is -0.326 e. The molecule has 0 aliphatic heterocycles. The number of hydrogen-bond donors (Lipinski definition) is 3. The third-order valence-corrected chi connectivity index (χ3v) is 2.99. The van der Waals surface area contributed by atoms with Crippen molar-refractivity contribution in [3.63, 3.8) is 0 Å². The molecule has 2 N–H and O–H groups in total. The van der Waals surface area contributed by atoms with E-state index in [4.69, 9.17) is 0 Å². The molecule has 0 atom stereocenters. The summed E-state index contributed by atoms with van der Waals surface area (Å²) >= 11 is 4.28. The molecule has 2 aromatic carbocycles. The van der Waals surface area contributed by atoms with Gasteiger partial charge in [0.25, 0.3) is 5.91 Å². The predicted octanol–water partition coefficient (Wildman–Crippen LogP) is 3.19. The lowest BCUT2D eigenvalue weighted by Gasteiger charge is -2.09. The Kier molecular flexibility index (Phi) is 4.42. The molecule has 2 aromatic rings. The second kappa shape index (κ2) is 6.25. The van der Waals surface area contributed by atoms with Crippen LogP contribution in [0.2, 0.25) is 0 Å². The monoisotopic (exact) mass is 286 g/mol. The Morgan fingerprint density at radius 2 is 1.75 bits per heavy atom. The van der Waals surface area contributed by atoms with Crippen molar-refractivity contribution in [1.29, 1.82) is 0 Å². The zero-order valence-corrected chi connectivity index (χ0v) is 11.8. The van der Waals surface area contributed by atoms with E-state index in [2.05, 4.69) is 23.3 Å². The molecule has 2 amide bonds. The van der Waals surface area contributed by atoms with E-state index in [0.717, 1.165) is 0 Å². The van der Waals surface area contributed by atoms with Crippen LogP contribution in [0, 0.1) is 0 Å². The lowest BCUT2D eigenvalue weighted by Crippen LogP contribution is -2.13. The summed E-state index contributed by atoms with van der Waals surface area (Å²) in [6.07, 6.45) is 0. The molecular formula is C15H14N2O2S. The summed E-state index contributed by atoms with van der Waals surface area (Å²) in [4.78, 5) is 23.8. The molecule has 4 nitrogen and oxygen atoms in total. The Morgan fingerprint density at radius 1 is 1.00 bits per heavy atom. The second-order valence-corrected chi connectivity index (χ2v) is 4.72. The number of hydrogen-bond acceptors (Lipinski definition) is 3. The topological polar surface area (TPSA) is 58.2 Å². The average molecular weight is 286 g/mol. The van der Waals surface area contributed by atoms with Gasteiger partial charge in [0.1, 0.15) is 0 Å². The smallest absolute Gasteiger partial charge is 0.255 e. The molecule has 0 heterocycles. The van der Waals surface area contributed by atoms with Gasteiger partial charge >= 0.3 is 0 Å². The van der Waals surface area contributed by atoms with Crippen LogP contribution < -0.4 is 10.6 Å². The minimum absolute atomic E-state index is 0.178. The maximum atomic E-state index is 12.1. The van der Waals surface area contributed by atoms with Crippen LogP contribution in [0.4, 0.5) is 11.4 Å². The van der Waals surface area contributed by atoms with E-state index in [1.807, 2.05) is 12.1 Å². The van der Waals surface area contributed by atoms with Crippen LogP contribution in [-0.2, 0) is 4.79 Å². The zero-order chi connectivity index (χ0) is 14.5. The first-order chi connectivity index (χ1) is 9.56. The zero-order valence-electron chi connectivity index (χ0n) is 10.9. The summed E-state index contributed by atoms with van der Waals surface area (Å²) in [5.41, 5.74) is 1.70. The normalized spacial score (nSPS) is 9.90. The first kappa shape index (κ1) is 14.1. The number of carbonyl (C=O) groups excluding carboxylic acids is 2. The van der Waals surface area contributed by atoms with E-state index in [-0.39, 0.29) is 11.8 Å². The molecule has 102 valence electrons. The predicted molar refractivity (Wildman–Crippen MR) is 82.4 cm³/mol. The molecule has 0 aromatic heterocycles. The molecule has 0 spiro atoms. The molecule has 0 bridgehead atoms. The van der Waals surface area contributed by atoms with Gasteiger partial charge in [-0.1, -0.05) is 18.2 Å². The van der Waals surface area contributed by atoms with Gasteiger partial charge < -0.3 is 10.6 Å². The molecule has 0 unspecified atom stereocenters. The quantitative estimate of drug-likeness (QED) is 0.759. The number of para-hydroxylation sites is 1. The van der Waals surface area contributed by atoms with Gasteiger partial charge in [-0.05, 0) is 30.3 Å². The summed E-state index contributed by atoms with van der Waals surface area (Å²) in [7, 11) is 0. The highest BCUT2D eigenvalue weighted by Gasteiger charge is 2.08. The highest BCUT2D eigenvalue weighted by Crippen LogP contribution is 2.20. The molecule has 0 aliphatic rings. The first-order valence-electron chi connectivity index (χ1n) is 6.03. The SMILES string of the molecule is CC(=O)Nc1cccc(C(=O)Nc2ccccc2S)c1. The molecule has 0 aliphatic carbocycles. The molecule has 2 rings (SSSR count). The maximum Gasteiger partial charge on any atom is 0.255 e. The highest BCUT2D eigenvalue weighted by molar-refractivity contribution is 7.80. The van der Waals surface area contributed by atoms with E-state index in [0.29, 0.717) is 21.8 Å². The Labute approximate surface area is 122 Å². The Bertz CT molecular complexity index is 656. The number of carbonyl (C=O) groups is 2. The van der Waals surface area contributed by atoms with Crippen LogP contribution in [0.25, 0.3) is 0 Å². The second-order valence-electron chi connectivity index (χ2n) is 4.23. The van der Waals surface area contributed by atoms with Crippen LogP contribution in [-0.4, -0.2) is 11.8 Å². The Hall–Kier alpha value is -2.27. The van der Waals surface area contributed by atoms with Crippen molar-refractivity contribution in [3.8, 4) is 0 Å². The summed E-state index contributed by atoms with van der Waals surface area (Å²) in [5.74, 6) is -0.429. The van der Waals surface area contributed by atoms with Crippen molar-refractivity contribution in [2.75, 3.05) is 10.6 Å². The number of anilines is 2. The molecular weight excluding hydrogens is 272 g/mol. The lowest BCUT2D eigenvalue weighted by atomic mass is 10.2. The fraction of sp³-hybridized carbons (Fsp3) is 0.0667. The van der Waals surface area contributed by atoms with E-state index >= 15 is 0 Å². The van der Waals surface area contributed by atoms with Gasteiger partial charge in [-0.25, -0.2) is 0 Å². The average Bonchev–Trinajstić information content (AvgIpc) is 2.41.